The molecular formula is C15H25N3. The van der Waals surface area contributed by atoms with E-state index >= 15 is 0 Å². The smallest absolute Gasteiger partial charge is 0.0367 e. The van der Waals surface area contributed by atoms with Crippen LogP contribution in [-0.4, -0.2) is 37.1 Å². The van der Waals surface area contributed by atoms with E-state index in [2.05, 4.69) is 35.8 Å². The molecule has 18 heavy (non-hydrogen) atoms. The van der Waals surface area contributed by atoms with Crippen molar-refractivity contribution in [1.82, 2.24) is 4.90 Å². The molecule has 0 unspecified atom stereocenters. The molecule has 0 aromatic heterocycles. The zero-order chi connectivity index (χ0) is 13.0. The van der Waals surface area contributed by atoms with Gasteiger partial charge in [0.15, 0.2) is 0 Å². The van der Waals surface area contributed by atoms with Crippen LogP contribution in [0.1, 0.15) is 26.7 Å². The van der Waals surface area contributed by atoms with E-state index in [4.69, 9.17) is 5.73 Å². The van der Waals surface area contributed by atoms with E-state index in [1.165, 1.54) is 31.6 Å². The minimum Gasteiger partial charge on any atom is -0.399 e. The first-order chi connectivity index (χ1) is 8.66. The van der Waals surface area contributed by atoms with Gasteiger partial charge in [0.1, 0.15) is 0 Å². The van der Waals surface area contributed by atoms with Gasteiger partial charge in [-0.25, -0.2) is 0 Å². The monoisotopic (exact) mass is 247 g/mol. The van der Waals surface area contributed by atoms with E-state index in [1.807, 2.05) is 12.1 Å². The van der Waals surface area contributed by atoms with E-state index in [1.54, 1.807) is 0 Å². The van der Waals surface area contributed by atoms with Gasteiger partial charge in [-0.2, -0.15) is 0 Å². The summed E-state index contributed by atoms with van der Waals surface area (Å²) in [6.45, 7) is 9.30. The van der Waals surface area contributed by atoms with Crippen molar-refractivity contribution in [2.45, 2.75) is 32.7 Å². The van der Waals surface area contributed by atoms with Gasteiger partial charge in [0.2, 0.25) is 0 Å². The molecule has 1 aromatic carbocycles. The summed E-state index contributed by atoms with van der Waals surface area (Å²) >= 11 is 0. The van der Waals surface area contributed by atoms with Gasteiger partial charge in [0, 0.05) is 43.6 Å². The molecule has 0 atom stereocenters. The molecule has 0 amide bonds. The molecule has 100 valence electrons. The van der Waals surface area contributed by atoms with Gasteiger partial charge in [-0.1, -0.05) is 0 Å². The van der Waals surface area contributed by atoms with Gasteiger partial charge in [-0.15, -0.1) is 0 Å². The summed E-state index contributed by atoms with van der Waals surface area (Å²) in [7, 11) is 0. The fraction of sp³-hybridized carbons (Fsp3) is 0.600. The first-order valence-corrected chi connectivity index (χ1v) is 7.01. The van der Waals surface area contributed by atoms with Crippen molar-refractivity contribution in [1.29, 1.82) is 0 Å². The zero-order valence-corrected chi connectivity index (χ0v) is 11.6. The average molecular weight is 247 g/mol. The zero-order valence-electron chi connectivity index (χ0n) is 11.6. The Kier molecular flexibility index (Phi) is 4.48. The number of nitrogens with two attached hydrogens (primary N) is 1. The maximum atomic E-state index is 5.74. The van der Waals surface area contributed by atoms with Crippen LogP contribution < -0.4 is 10.6 Å². The fourth-order valence-corrected chi connectivity index (χ4v) is 2.61. The van der Waals surface area contributed by atoms with Gasteiger partial charge >= 0.3 is 0 Å². The quantitative estimate of drug-likeness (QED) is 0.815. The van der Waals surface area contributed by atoms with E-state index in [0.29, 0.717) is 6.04 Å². The minimum atomic E-state index is 0.674. The Bertz CT molecular complexity index is 349. The molecular weight excluding hydrogens is 222 g/mol. The molecule has 3 heteroatoms. The summed E-state index contributed by atoms with van der Waals surface area (Å²) in [6.07, 6.45) is 2.48. The Hall–Kier alpha value is -1.22. The SMILES string of the molecule is CC(C)N1CCCN(c2ccc(N)cc2)CCC1. The van der Waals surface area contributed by atoms with E-state index in [-0.39, 0.29) is 0 Å². The second-order valence-electron chi connectivity index (χ2n) is 5.42. The number of hydrogen-bond acceptors (Lipinski definition) is 3. The van der Waals surface area contributed by atoms with Gasteiger partial charge < -0.3 is 15.5 Å². The molecule has 0 saturated carbocycles. The summed E-state index contributed by atoms with van der Waals surface area (Å²) in [5.74, 6) is 0. The van der Waals surface area contributed by atoms with Crippen LogP contribution in [0.25, 0.3) is 0 Å². The summed E-state index contributed by atoms with van der Waals surface area (Å²) in [5.41, 5.74) is 7.89. The standard InChI is InChI=1S/C15H25N3/c1-13(2)17-9-3-11-18(12-4-10-17)15-7-5-14(16)6-8-15/h5-8,13H,3-4,9-12,16H2,1-2H3. The van der Waals surface area contributed by atoms with Crippen molar-refractivity contribution in [3.63, 3.8) is 0 Å². The van der Waals surface area contributed by atoms with Crippen molar-refractivity contribution >= 4 is 11.4 Å². The number of rotatable bonds is 2. The van der Waals surface area contributed by atoms with Crippen LogP contribution in [0.15, 0.2) is 24.3 Å². The molecule has 1 fully saturated rings. The normalized spacial score (nSPS) is 18.7. The highest BCUT2D eigenvalue weighted by Gasteiger charge is 2.14. The lowest BCUT2D eigenvalue weighted by atomic mass is 10.2. The highest BCUT2D eigenvalue weighted by Crippen LogP contribution is 2.18. The second kappa shape index (κ2) is 6.10. The summed E-state index contributed by atoms with van der Waals surface area (Å²) in [6, 6.07) is 8.94. The van der Waals surface area contributed by atoms with Crippen LogP contribution in [0.5, 0.6) is 0 Å². The maximum Gasteiger partial charge on any atom is 0.0367 e. The Morgan fingerprint density at radius 3 is 2.00 bits per heavy atom. The van der Waals surface area contributed by atoms with Gasteiger partial charge in [-0.05, 0) is 51.0 Å². The molecule has 1 aliphatic heterocycles. The van der Waals surface area contributed by atoms with Gasteiger partial charge in [-0.3, -0.25) is 0 Å². The Labute approximate surface area is 111 Å². The molecule has 0 bridgehead atoms. The third-order valence-electron chi connectivity index (χ3n) is 3.74. The predicted molar refractivity (Wildman–Crippen MR) is 79.0 cm³/mol. The molecule has 1 aliphatic rings. The van der Waals surface area contributed by atoms with Crippen molar-refractivity contribution in [3.05, 3.63) is 24.3 Å². The van der Waals surface area contributed by atoms with Crippen LogP contribution in [0.4, 0.5) is 11.4 Å². The Morgan fingerprint density at radius 1 is 0.944 bits per heavy atom. The number of anilines is 2. The van der Waals surface area contributed by atoms with Crippen LogP contribution in [0.2, 0.25) is 0 Å². The van der Waals surface area contributed by atoms with Crippen LogP contribution >= 0.6 is 0 Å². The molecule has 0 spiro atoms. The van der Waals surface area contributed by atoms with Gasteiger partial charge in [0.05, 0.1) is 0 Å². The summed E-state index contributed by atoms with van der Waals surface area (Å²) < 4.78 is 0. The first-order valence-electron chi connectivity index (χ1n) is 7.01. The molecule has 1 heterocycles. The highest BCUT2D eigenvalue weighted by molar-refractivity contribution is 5.53. The largest absolute Gasteiger partial charge is 0.399 e. The highest BCUT2D eigenvalue weighted by atomic mass is 15.2. The van der Waals surface area contributed by atoms with Crippen LogP contribution in [0, 0.1) is 0 Å². The lowest BCUT2D eigenvalue weighted by Crippen LogP contribution is -2.39. The molecule has 0 radical (unpaired) electrons. The van der Waals surface area contributed by atoms with E-state index < -0.39 is 0 Å². The van der Waals surface area contributed by atoms with Crippen molar-refractivity contribution < 1.29 is 0 Å². The van der Waals surface area contributed by atoms with Crippen LogP contribution in [-0.2, 0) is 0 Å². The summed E-state index contributed by atoms with van der Waals surface area (Å²) in [4.78, 5) is 5.07. The molecule has 3 nitrogen and oxygen atoms in total. The summed E-state index contributed by atoms with van der Waals surface area (Å²) in [5, 5.41) is 0. The third kappa shape index (κ3) is 3.39. The number of benzene rings is 1. The first kappa shape index (κ1) is 13.2. The third-order valence-corrected chi connectivity index (χ3v) is 3.74. The van der Waals surface area contributed by atoms with Crippen LogP contribution in [0.3, 0.4) is 0 Å². The Morgan fingerprint density at radius 2 is 1.50 bits per heavy atom. The topological polar surface area (TPSA) is 32.5 Å². The lowest BCUT2D eigenvalue weighted by molar-refractivity contribution is 0.211. The molecule has 0 aliphatic carbocycles. The number of hydrogen-bond donors (Lipinski definition) is 1. The molecule has 1 saturated heterocycles. The lowest BCUT2D eigenvalue weighted by Gasteiger charge is -2.33. The molecule has 2 N–H and O–H groups in total. The molecule has 1 aromatic rings. The van der Waals surface area contributed by atoms with E-state index in [9.17, 15) is 0 Å². The van der Waals surface area contributed by atoms with Gasteiger partial charge in [0.25, 0.3) is 0 Å². The van der Waals surface area contributed by atoms with Crippen molar-refractivity contribution in [3.8, 4) is 0 Å². The second-order valence-corrected chi connectivity index (χ2v) is 5.42. The predicted octanol–water partition coefficient (Wildman–Crippen LogP) is 2.58. The molecule has 2 rings (SSSR count). The maximum absolute atomic E-state index is 5.74. The number of nitrogens with zero attached hydrogens (tertiary/aromatic N) is 2. The fourth-order valence-electron chi connectivity index (χ4n) is 2.61. The van der Waals surface area contributed by atoms with E-state index in [0.717, 1.165) is 18.8 Å². The number of nitrogen functional groups attached to an aromatic ring is 1. The van der Waals surface area contributed by atoms with Crippen molar-refractivity contribution in [2.75, 3.05) is 36.8 Å². The average Bonchev–Trinajstić information content (AvgIpc) is 2.30. The minimum absolute atomic E-state index is 0.674. The van der Waals surface area contributed by atoms with Crippen molar-refractivity contribution in [2.24, 2.45) is 0 Å². The Balaban J connectivity index is 1.95.